The lowest BCUT2D eigenvalue weighted by atomic mass is 10.1. The number of anilines is 1. The molecule has 0 saturated carbocycles. The molecule has 0 heterocycles. The molecular weight excluding hydrogens is 480 g/mol. The van der Waals surface area contributed by atoms with Crippen LogP contribution in [0.2, 0.25) is 0 Å². The number of fused-ring (bicyclic) bond motifs is 1. The normalized spacial score (nSPS) is 10.4. The SMILES string of the molecule is COc1c(C(=O)NC(=S)Nc2cccc(Br)c2)cc2ccccc2c1Br. The Hall–Kier alpha value is -1.96. The van der Waals surface area contributed by atoms with Crippen molar-refractivity contribution in [2.24, 2.45) is 0 Å². The predicted octanol–water partition coefficient (Wildman–Crippen LogP) is 5.50. The van der Waals surface area contributed by atoms with E-state index < -0.39 is 0 Å². The summed E-state index contributed by atoms with van der Waals surface area (Å²) in [5.74, 6) is 0.118. The number of hydrogen-bond donors (Lipinski definition) is 2. The Morgan fingerprint density at radius 2 is 1.85 bits per heavy atom. The van der Waals surface area contributed by atoms with Crippen LogP contribution in [0.4, 0.5) is 5.69 Å². The van der Waals surface area contributed by atoms with E-state index in [4.69, 9.17) is 17.0 Å². The largest absolute Gasteiger partial charge is 0.495 e. The van der Waals surface area contributed by atoms with E-state index in [1.807, 2.05) is 48.5 Å². The molecule has 3 rings (SSSR count). The molecular formula is C19H14Br2N2O2S. The molecule has 0 atom stereocenters. The molecule has 0 radical (unpaired) electrons. The number of methoxy groups -OCH3 is 1. The van der Waals surface area contributed by atoms with Gasteiger partial charge in [-0.25, -0.2) is 0 Å². The summed E-state index contributed by atoms with van der Waals surface area (Å²) in [4.78, 5) is 12.7. The lowest BCUT2D eigenvalue weighted by molar-refractivity contribution is 0.0975. The van der Waals surface area contributed by atoms with Gasteiger partial charge in [-0.2, -0.15) is 0 Å². The van der Waals surface area contributed by atoms with E-state index >= 15 is 0 Å². The lowest BCUT2D eigenvalue weighted by Crippen LogP contribution is -2.34. The minimum absolute atomic E-state index is 0.208. The van der Waals surface area contributed by atoms with Crippen LogP contribution in [0.3, 0.4) is 0 Å². The molecule has 4 nitrogen and oxygen atoms in total. The van der Waals surface area contributed by atoms with Crippen LogP contribution in [-0.2, 0) is 0 Å². The van der Waals surface area contributed by atoms with Crippen molar-refractivity contribution in [1.82, 2.24) is 5.32 Å². The number of nitrogens with one attached hydrogen (secondary N) is 2. The van der Waals surface area contributed by atoms with Crippen LogP contribution in [0.5, 0.6) is 5.75 Å². The van der Waals surface area contributed by atoms with E-state index in [9.17, 15) is 4.79 Å². The van der Waals surface area contributed by atoms with Crippen molar-refractivity contribution in [2.75, 3.05) is 12.4 Å². The van der Waals surface area contributed by atoms with Crippen LogP contribution in [0.15, 0.2) is 63.5 Å². The average Bonchev–Trinajstić information content (AvgIpc) is 2.61. The molecule has 0 saturated heterocycles. The molecule has 0 aliphatic rings. The van der Waals surface area contributed by atoms with Gasteiger partial charge in [0.1, 0.15) is 5.75 Å². The van der Waals surface area contributed by atoms with Crippen LogP contribution in [0, 0.1) is 0 Å². The standard InChI is InChI=1S/C19H14Br2N2O2S/c1-25-17-15(9-11-5-2-3-8-14(11)16(17)21)18(24)23-19(26)22-13-7-4-6-12(20)10-13/h2-10H,1H3,(H2,22,23,24,26). The Morgan fingerprint density at radius 3 is 2.58 bits per heavy atom. The van der Waals surface area contributed by atoms with Crippen molar-refractivity contribution in [1.29, 1.82) is 0 Å². The first-order valence-corrected chi connectivity index (χ1v) is 9.62. The van der Waals surface area contributed by atoms with Gasteiger partial charge in [0.05, 0.1) is 17.1 Å². The van der Waals surface area contributed by atoms with E-state index in [1.54, 1.807) is 6.07 Å². The minimum atomic E-state index is -0.346. The Labute approximate surface area is 173 Å². The maximum Gasteiger partial charge on any atom is 0.261 e. The van der Waals surface area contributed by atoms with E-state index in [1.165, 1.54) is 7.11 Å². The molecule has 0 aromatic heterocycles. The average molecular weight is 494 g/mol. The third kappa shape index (κ3) is 4.06. The minimum Gasteiger partial charge on any atom is -0.495 e. The summed E-state index contributed by atoms with van der Waals surface area (Å²) < 4.78 is 7.09. The highest BCUT2D eigenvalue weighted by Crippen LogP contribution is 2.36. The van der Waals surface area contributed by atoms with Crippen LogP contribution >= 0.6 is 44.1 Å². The van der Waals surface area contributed by atoms with Gasteiger partial charge in [-0.3, -0.25) is 10.1 Å². The highest BCUT2D eigenvalue weighted by molar-refractivity contribution is 9.11. The second-order valence-corrected chi connectivity index (χ2v) is 7.53. The third-order valence-electron chi connectivity index (χ3n) is 3.70. The molecule has 0 unspecified atom stereocenters. The molecule has 0 aliphatic carbocycles. The third-order valence-corrected chi connectivity index (χ3v) is 5.18. The predicted molar refractivity (Wildman–Crippen MR) is 116 cm³/mol. The van der Waals surface area contributed by atoms with Gasteiger partial charge < -0.3 is 10.1 Å². The fourth-order valence-corrected chi connectivity index (χ4v) is 3.90. The molecule has 3 aromatic rings. The summed E-state index contributed by atoms with van der Waals surface area (Å²) >= 11 is 12.2. The first-order valence-electron chi connectivity index (χ1n) is 7.62. The maximum atomic E-state index is 12.7. The van der Waals surface area contributed by atoms with Crippen molar-refractivity contribution >= 4 is 71.6 Å². The molecule has 0 bridgehead atoms. The Kier molecular flexibility index (Phi) is 5.90. The highest BCUT2D eigenvalue weighted by atomic mass is 79.9. The first kappa shape index (κ1) is 18.8. The first-order chi connectivity index (χ1) is 12.5. The maximum absolute atomic E-state index is 12.7. The van der Waals surface area contributed by atoms with Gasteiger partial charge in [0.2, 0.25) is 0 Å². The summed E-state index contributed by atoms with van der Waals surface area (Å²) in [7, 11) is 1.53. The number of rotatable bonds is 3. The molecule has 1 amide bonds. The number of carbonyl (C=O) groups is 1. The fourth-order valence-electron chi connectivity index (χ4n) is 2.55. The topological polar surface area (TPSA) is 50.4 Å². The smallest absolute Gasteiger partial charge is 0.261 e. The molecule has 2 N–H and O–H groups in total. The van der Waals surface area contributed by atoms with Crippen molar-refractivity contribution in [3.63, 3.8) is 0 Å². The van der Waals surface area contributed by atoms with Crippen LogP contribution in [0.25, 0.3) is 10.8 Å². The number of thiocarbonyl (C=S) groups is 1. The number of benzene rings is 3. The molecule has 132 valence electrons. The molecule has 3 aromatic carbocycles. The van der Waals surface area contributed by atoms with E-state index in [2.05, 4.69) is 42.5 Å². The molecule has 0 fully saturated rings. The second kappa shape index (κ2) is 8.16. The van der Waals surface area contributed by atoms with Gasteiger partial charge in [-0.05, 0) is 63.2 Å². The van der Waals surface area contributed by atoms with Crippen LogP contribution in [-0.4, -0.2) is 18.1 Å². The summed E-state index contributed by atoms with van der Waals surface area (Å²) in [6.45, 7) is 0. The number of amides is 1. The van der Waals surface area contributed by atoms with Gasteiger partial charge in [-0.15, -0.1) is 0 Å². The van der Waals surface area contributed by atoms with E-state index in [-0.39, 0.29) is 11.0 Å². The van der Waals surface area contributed by atoms with E-state index in [0.717, 1.165) is 25.4 Å². The molecule has 0 spiro atoms. The van der Waals surface area contributed by atoms with Crippen molar-refractivity contribution in [3.8, 4) is 5.75 Å². The summed E-state index contributed by atoms with van der Waals surface area (Å²) in [6, 6.07) is 17.0. The summed E-state index contributed by atoms with van der Waals surface area (Å²) in [5.41, 5.74) is 1.17. The highest BCUT2D eigenvalue weighted by Gasteiger charge is 2.19. The van der Waals surface area contributed by atoms with Gasteiger partial charge in [-0.1, -0.05) is 46.3 Å². The summed E-state index contributed by atoms with van der Waals surface area (Å²) in [5, 5.41) is 7.79. The van der Waals surface area contributed by atoms with Crippen molar-refractivity contribution in [3.05, 3.63) is 69.1 Å². The number of ether oxygens (including phenoxy) is 1. The molecule has 7 heteroatoms. The Balaban J connectivity index is 1.86. The Morgan fingerprint density at radius 1 is 1.08 bits per heavy atom. The van der Waals surface area contributed by atoms with Gasteiger partial charge in [0, 0.05) is 10.2 Å². The fraction of sp³-hybridized carbons (Fsp3) is 0.0526. The monoisotopic (exact) mass is 492 g/mol. The van der Waals surface area contributed by atoms with Crippen molar-refractivity contribution < 1.29 is 9.53 Å². The van der Waals surface area contributed by atoms with Crippen LogP contribution < -0.4 is 15.4 Å². The number of halogens is 2. The van der Waals surface area contributed by atoms with Crippen molar-refractivity contribution in [2.45, 2.75) is 0 Å². The van der Waals surface area contributed by atoms with Crippen LogP contribution in [0.1, 0.15) is 10.4 Å². The van der Waals surface area contributed by atoms with E-state index in [0.29, 0.717) is 11.3 Å². The number of carbonyl (C=O) groups excluding carboxylic acids is 1. The number of hydrogen-bond acceptors (Lipinski definition) is 3. The lowest BCUT2D eigenvalue weighted by Gasteiger charge is -2.14. The summed E-state index contributed by atoms with van der Waals surface area (Å²) in [6.07, 6.45) is 0. The zero-order chi connectivity index (χ0) is 18.7. The van der Waals surface area contributed by atoms with Gasteiger partial charge in [0.15, 0.2) is 5.11 Å². The zero-order valence-corrected chi connectivity index (χ0v) is 17.7. The zero-order valence-electron chi connectivity index (χ0n) is 13.7. The second-order valence-electron chi connectivity index (χ2n) is 5.41. The molecule has 26 heavy (non-hydrogen) atoms. The molecule has 0 aliphatic heterocycles. The Bertz CT molecular complexity index is 1010. The quantitative estimate of drug-likeness (QED) is 0.473. The van der Waals surface area contributed by atoms with Gasteiger partial charge in [0.25, 0.3) is 5.91 Å². The van der Waals surface area contributed by atoms with Gasteiger partial charge >= 0.3 is 0 Å².